The van der Waals surface area contributed by atoms with E-state index >= 15 is 0 Å². The first-order valence-electron chi connectivity index (χ1n) is 6.70. The van der Waals surface area contributed by atoms with Gasteiger partial charge in [-0.05, 0) is 25.8 Å². The van der Waals surface area contributed by atoms with E-state index in [-0.39, 0.29) is 16.3 Å². The Labute approximate surface area is 132 Å². The lowest BCUT2D eigenvalue weighted by molar-refractivity contribution is -0.144. The lowest BCUT2D eigenvalue weighted by Gasteiger charge is -2.35. The summed E-state index contributed by atoms with van der Waals surface area (Å²) >= 11 is 0.928. The van der Waals surface area contributed by atoms with Crippen LogP contribution < -0.4 is 0 Å². The number of carbonyl (C=O) groups excluding carboxylic acids is 1. The number of esters is 1. The van der Waals surface area contributed by atoms with Gasteiger partial charge in [0.15, 0.2) is 0 Å². The fourth-order valence-electron chi connectivity index (χ4n) is 2.57. The number of thiophene rings is 1. The van der Waals surface area contributed by atoms with Crippen LogP contribution in [0.25, 0.3) is 0 Å². The number of rotatable bonds is 4. The second-order valence-electron chi connectivity index (χ2n) is 5.09. The molecule has 22 heavy (non-hydrogen) atoms. The molecule has 1 fully saturated rings. The monoisotopic (exact) mass is 347 g/mol. The minimum Gasteiger partial charge on any atom is -0.481 e. The van der Waals surface area contributed by atoms with E-state index < -0.39 is 33.9 Å². The lowest BCUT2D eigenvalue weighted by atomic mass is 9.92. The number of carbonyl (C=O) groups is 2. The second-order valence-corrected chi connectivity index (χ2v) is 8.12. The summed E-state index contributed by atoms with van der Waals surface area (Å²) < 4.78 is 31.2. The van der Waals surface area contributed by atoms with Crippen molar-refractivity contribution in [3.63, 3.8) is 0 Å². The summed E-state index contributed by atoms with van der Waals surface area (Å²) in [4.78, 5) is 22.7. The van der Waals surface area contributed by atoms with Gasteiger partial charge in [-0.3, -0.25) is 4.79 Å². The molecule has 0 bridgehead atoms. The van der Waals surface area contributed by atoms with Gasteiger partial charge in [0.25, 0.3) is 10.0 Å². The van der Waals surface area contributed by atoms with E-state index in [1.807, 2.05) is 0 Å². The summed E-state index contributed by atoms with van der Waals surface area (Å²) in [5, 5.41) is 10.6. The number of ether oxygens (including phenoxy) is 1. The van der Waals surface area contributed by atoms with Gasteiger partial charge in [0.2, 0.25) is 0 Å². The van der Waals surface area contributed by atoms with E-state index in [0.717, 1.165) is 11.3 Å². The first kappa shape index (κ1) is 16.9. The van der Waals surface area contributed by atoms with Crippen LogP contribution in [0.5, 0.6) is 0 Å². The molecule has 1 saturated heterocycles. The quantitative estimate of drug-likeness (QED) is 0.827. The number of methoxy groups -OCH3 is 1. The number of carboxylic acid groups (broad SMARTS) is 1. The predicted octanol–water partition coefficient (Wildman–Crippen LogP) is 1.41. The molecule has 2 atom stereocenters. The number of aliphatic carboxylic acids is 1. The van der Waals surface area contributed by atoms with Crippen molar-refractivity contribution in [3.8, 4) is 0 Å². The van der Waals surface area contributed by atoms with E-state index in [0.29, 0.717) is 12.8 Å². The molecular formula is C13H17NO6S2. The molecule has 122 valence electrons. The fourth-order valence-corrected chi connectivity index (χ4v) is 5.56. The first-order chi connectivity index (χ1) is 10.3. The average Bonchev–Trinajstić information content (AvgIpc) is 2.96. The number of piperidine rings is 1. The highest BCUT2D eigenvalue weighted by Gasteiger charge is 2.40. The fraction of sp³-hybridized carbons (Fsp3) is 0.538. The highest BCUT2D eigenvalue weighted by atomic mass is 32.2. The van der Waals surface area contributed by atoms with Crippen LogP contribution >= 0.6 is 11.3 Å². The topological polar surface area (TPSA) is 101 Å². The van der Waals surface area contributed by atoms with Crippen LogP contribution in [0.15, 0.2) is 15.7 Å². The van der Waals surface area contributed by atoms with Gasteiger partial charge in [0, 0.05) is 18.0 Å². The van der Waals surface area contributed by atoms with Crippen molar-refractivity contribution in [3.05, 3.63) is 17.0 Å². The predicted molar refractivity (Wildman–Crippen MR) is 79.4 cm³/mol. The molecule has 1 aromatic rings. The molecule has 9 heteroatoms. The molecule has 1 N–H and O–H groups in total. The Morgan fingerprint density at radius 1 is 1.45 bits per heavy atom. The third-order valence-electron chi connectivity index (χ3n) is 3.81. The Hall–Kier alpha value is -1.45. The van der Waals surface area contributed by atoms with E-state index in [1.165, 1.54) is 22.9 Å². The van der Waals surface area contributed by atoms with Crippen LogP contribution in [0.2, 0.25) is 0 Å². The Balaban J connectivity index is 2.31. The van der Waals surface area contributed by atoms with Gasteiger partial charge in [-0.1, -0.05) is 0 Å². The number of sulfonamides is 1. The third-order valence-corrected chi connectivity index (χ3v) is 7.21. The zero-order chi connectivity index (χ0) is 16.5. The molecule has 0 amide bonds. The molecule has 0 radical (unpaired) electrons. The van der Waals surface area contributed by atoms with E-state index in [4.69, 9.17) is 0 Å². The summed E-state index contributed by atoms with van der Waals surface area (Å²) in [6.07, 6.45) is 0.955. The minimum atomic E-state index is -3.82. The molecular weight excluding hydrogens is 330 g/mol. The summed E-state index contributed by atoms with van der Waals surface area (Å²) in [6, 6.07) is 0.642. The van der Waals surface area contributed by atoms with Gasteiger partial charge in [-0.25, -0.2) is 13.2 Å². The molecule has 2 heterocycles. The van der Waals surface area contributed by atoms with Crippen LogP contribution in [0.1, 0.15) is 30.1 Å². The maximum Gasteiger partial charge on any atom is 0.338 e. The second kappa shape index (κ2) is 6.35. The summed E-state index contributed by atoms with van der Waals surface area (Å²) in [6.45, 7) is 1.88. The summed E-state index contributed by atoms with van der Waals surface area (Å²) in [5.74, 6) is -2.31. The lowest BCUT2D eigenvalue weighted by Crippen LogP contribution is -2.48. The van der Waals surface area contributed by atoms with Crippen molar-refractivity contribution in [2.24, 2.45) is 5.92 Å². The number of carboxylic acids is 1. The number of hydrogen-bond acceptors (Lipinski definition) is 6. The van der Waals surface area contributed by atoms with Gasteiger partial charge in [0.05, 0.1) is 18.6 Å². The normalized spacial score (nSPS) is 23.2. The van der Waals surface area contributed by atoms with Crippen LogP contribution in [-0.4, -0.2) is 49.5 Å². The smallest absolute Gasteiger partial charge is 0.338 e. The van der Waals surface area contributed by atoms with Crippen LogP contribution in [0.3, 0.4) is 0 Å². The molecule has 1 aliphatic rings. The van der Waals surface area contributed by atoms with E-state index in [1.54, 1.807) is 6.92 Å². The van der Waals surface area contributed by atoms with Crippen molar-refractivity contribution in [2.75, 3.05) is 13.7 Å². The Morgan fingerprint density at radius 3 is 2.73 bits per heavy atom. The largest absolute Gasteiger partial charge is 0.481 e. The van der Waals surface area contributed by atoms with E-state index in [2.05, 4.69) is 4.74 Å². The van der Waals surface area contributed by atoms with Crippen LogP contribution in [0.4, 0.5) is 0 Å². The zero-order valence-electron chi connectivity index (χ0n) is 12.2. The molecule has 2 rings (SSSR count). The van der Waals surface area contributed by atoms with Gasteiger partial charge in [-0.15, -0.1) is 11.3 Å². The average molecular weight is 347 g/mol. The van der Waals surface area contributed by atoms with Crippen molar-refractivity contribution in [1.82, 2.24) is 4.31 Å². The Morgan fingerprint density at radius 2 is 2.14 bits per heavy atom. The van der Waals surface area contributed by atoms with E-state index in [9.17, 15) is 23.1 Å². The first-order valence-corrected chi connectivity index (χ1v) is 9.02. The Bertz CT molecular complexity index is 680. The Kier molecular flexibility index (Phi) is 4.88. The molecule has 0 unspecified atom stereocenters. The number of hydrogen-bond donors (Lipinski definition) is 1. The summed E-state index contributed by atoms with van der Waals surface area (Å²) in [7, 11) is -2.60. The molecule has 7 nitrogen and oxygen atoms in total. The molecule has 0 spiro atoms. The molecule has 0 saturated carbocycles. The van der Waals surface area contributed by atoms with Gasteiger partial charge in [-0.2, -0.15) is 4.31 Å². The molecule has 1 aromatic heterocycles. The zero-order valence-corrected chi connectivity index (χ0v) is 13.8. The highest BCUT2D eigenvalue weighted by Crippen LogP contribution is 2.32. The van der Waals surface area contributed by atoms with Gasteiger partial charge in [0.1, 0.15) is 4.21 Å². The standard InChI is InChI=1S/C13H17NO6S2/c1-8-10(12(15)16)4-3-5-14(8)22(18,19)11-6-9(7-21-11)13(17)20-2/h6-8,10H,3-5H2,1-2H3,(H,15,16)/t8-,10-/m0/s1. The highest BCUT2D eigenvalue weighted by molar-refractivity contribution is 7.91. The van der Waals surface area contributed by atoms with Gasteiger partial charge < -0.3 is 9.84 Å². The van der Waals surface area contributed by atoms with Crippen molar-refractivity contribution >= 4 is 33.3 Å². The van der Waals surface area contributed by atoms with Gasteiger partial charge >= 0.3 is 11.9 Å². The molecule has 0 aromatic carbocycles. The third kappa shape index (κ3) is 3.01. The summed E-state index contributed by atoms with van der Waals surface area (Å²) in [5.41, 5.74) is 0.172. The number of nitrogens with zero attached hydrogens (tertiary/aromatic N) is 1. The van der Waals surface area contributed by atoms with Crippen molar-refractivity contribution in [1.29, 1.82) is 0 Å². The van der Waals surface area contributed by atoms with Crippen LogP contribution in [0, 0.1) is 5.92 Å². The molecule has 0 aliphatic carbocycles. The maximum atomic E-state index is 12.7. The van der Waals surface area contributed by atoms with Crippen molar-refractivity contribution < 1.29 is 27.9 Å². The maximum absolute atomic E-state index is 12.7. The SMILES string of the molecule is COC(=O)c1csc(S(=O)(=O)N2CCC[C@H](C(=O)O)[C@@H]2C)c1. The molecule has 1 aliphatic heterocycles. The van der Waals surface area contributed by atoms with Crippen LogP contribution in [-0.2, 0) is 19.6 Å². The van der Waals surface area contributed by atoms with Crippen molar-refractivity contribution in [2.45, 2.75) is 30.0 Å². The minimum absolute atomic E-state index is 0.0192.